The van der Waals surface area contributed by atoms with Gasteiger partial charge in [0.1, 0.15) is 0 Å². The SMILES string of the molecule is NCc1ccc(Sc2cccc(Br)c2)c(Cl)c1. The molecule has 0 amide bonds. The lowest BCUT2D eigenvalue weighted by Crippen LogP contribution is -1.95. The van der Waals surface area contributed by atoms with Gasteiger partial charge in [0, 0.05) is 20.8 Å². The van der Waals surface area contributed by atoms with Crippen LogP contribution in [0.1, 0.15) is 5.56 Å². The van der Waals surface area contributed by atoms with Crippen molar-refractivity contribution >= 4 is 39.3 Å². The summed E-state index contributed by atoms with van der Waals surface area (Å²) in [6.45, 7) is 0.515. The van der Waals surface area contributed by atoms with Crippen molar-refractivity contribution in [1.82, 2.24) is 0 Å². The third-order valence-electron chi connectivity index (χ3n) is 2.26. The van der Waals surface area contributed by atoms with Gasteiger partial charge in [-0.05, 0) is 35.9 Å². The second-order valence-electron chi connectivity index (χ2n) is 3.53. The lowest BCUT2D eigenvalue weighted by Gasteiger charge is -2.06. The first-order valence-corrected chi connectivity index (χ1v) is 7.09. The van der Waals surface area contributed by atoms with Gasteiger partial charge in [0.05, 0.1) is 5.02 Å². The van der Waals surface area contributed by atoms with Crippen LogP contribution in [0.2, 0.25) is 5.02 Å². The van der Waals surface area contributed by atoms with E-state index in [-0.39, 0.29) is 0 Å². The molecule has 0 aromatic heterocycles. The number of hydrogen-bond acceptors (Lipinski definition) is 2. The lowest BCUT2D eigenvalue weighted by atomic mass is 10.2. The molecule has 0 atom stereocenters. The van der Waals surface area contributed by atoms with E-state index in [2.05, 4.69) is 28.1 Å². The van der Waals surface area contributed by atoms with E-state index in [0.29, 0.717) is 6.54 Å². The van der Waals surface area contributed by atoms with E-state index in [1.54, 1.807) is 11.8 Å². The monoisotopic (exact) mass is 327 g/mol. The zero-order chi connectivity index (χ0) is 12.3. The highest BCUT2D eigenvalue weighted by Gasteiger charge is 2.04. The highest BCUT2D eigenvalue weighted by Crippen LogP contribution is 2.34. The molecule has 0 heterocycles. The van der Waals surface area contributed by atoms with Gasteiger partial charge in [-0.25, -0.2) is 0 Å². The van der Waals surface area contributed by atoms with Gasteiger partial charge in [-0.1, -0.05) is 51.4 Å². The zero-order valence-corrected chi connectivity index (χ0v) is 12.1. The van der Waals surface area contributed by atoms with Crippen molar-refractivity contribution in [3.8, 4) is 0 Å². The molecule has 0 aliphatic carbocycles. The summed E-state index contributed by atoms with van der Waals surface area (Å²) in [5.74, 6) is 0. The van der Waals surface area contributed by atoms with Crippen molar-refractivity contribution in [1.29, 1.82) is 0 Å². The summed E-state index contributed by atoms with van der Waals surface area (Å²) in [7, 11) is 0. The minimum atomic E-state index is 0.515. The third-order valence-corrected chi connectivity index (χ3v) is 4.24. The minimum absolute atomic E-state index is 0.515. The van der Waals surface area contributed by atoms with Crippen molar-refractivity contribution in [2.24, 2.45) is 5.73 Å². The molecule has 0 unspecified atom stereocenters. The molecule has 2 aromatic carbocycles. The first-order chi connectivity index (χ1) is 8.19. The van der Waals surface area contributed by atoms with Crippen LogP contribution in [0.3, 0.4) is 0 Å². The number of hydrogen-bond donors (Lipinski definition) is 1. The van der Waals surface area contributed by atoms with E-state index in [1.807, 2.05) is 30.3 Å². The zero-order valence-electron chi connectivity index (χ0n) is 8.99. The second kappa shape index (κ2) is 5.91. The molecular formula is C13H11BrClNS. The summed E-state index contributed by atoms with van der Waals surface area (Å²) in [6.07, 6.45) is 0. The van der Waals surface area contributed by atoms with Gasteiger partial charge in [-0.15, -0.1) is 0 Å². The van der Waals surface area contributed by atoms with Crippen molar-refractivity contribution in [2.45, 2.75) is 16.3 Å². The predicted octanol–water partition coefficient (Wildman–Crippen LogP) is 4.71. The molecule has 17 heavy (non-hydrogen) atoms. The average molecular weight is 329 g/mol. The molecule has 0 aliphatic heterocycles. The van der Waals surface area contributed by atoms with Crippen LogP contribution >= 0.6 is 39.3 Å². The summed E-state index contributed by atoms with van der Waals surface area (Å²) in [5.41, 5.74) is 6.62. The molecule has 0 saturated carbocycles. The maximum Gasteiger partial charge on any atom is 0.0548 e. The Labute approximate surface area is 118 Å². The first-order valence-electron chi connectivity index (χ1n) is 5.11. The van der Waals surface area contributed by atoms with E-state index in [4.69, 9.17) is 17.3 Å². The molecule has 2 rings (SSSR count). The molecule has 0 spiro atoms. The third kappa shape index (κ3) is 3.49. The number of benzene rings is 2. The Morgan fingerprint density at radius 3 is 2.65 bits per heavy atom. The van der Waals surface area contributed by atoms with Crippen LogP contribution in [0.25, 0.3) is 0 Å². The molecule has 0 radical (unpaired) electrons. The van der Waals surface area contributed by atoms with Crippen molar-refractivity contribution in [3.05, 3.63) is 57.5 Å². The molecule has 2 aromatic rings. The summed E-state index contributed by atoms with van der Waals surface area (Å²) >= 11 is 11.3. The molecule has 0 aliphatic rings. The average Bonchev–Trinajstić information content (AvgIpc) is 2.32. The van der Waals surface area contributed by atoms with Gasteiger partial charge < -0.3 is 5.73 Å². The maximum atomic E-state index is 6.21. The molecular weight excluding hydrogens is 318 g/mol. The van der Waals surface area contributed by atoms with Gasteiger partial charge in [-0.3, -0.25) is 0 Å². The number of rotatable bonds is 3. The fraction of sp³-hybridized carbons (Fsp3) is 0.0769. The van der Waals surface area contributed by atoms with Crippen LogP contribution in [0.15, 0.2) is 56.7 Å². The Balaban J connectivity index is 2.24. The highest BCUT2D eigenvalue weighted by atomic mass is 79.9. The maximum absolute atomic E-state index is 6.21. The van der Waals surface area contributed by atoms with Crippen LogP contribution in [-0.4, -0.2) is 0 Å². The Bertz CT molecular complexity index is 531. The van der Waals surface area contributed by atoms with E-state index in [0.717, 1.165) is 24.8 Å². The van der Waals surface area contributed by atoms with Crippen molar-refractivity contribution in [3.63, 3.8) is 0 Å². The Morgan fingerprint density at radius 1 is 1.18 bits per heavy atom. The topological polar surface area (TPSA) is 26.0 Å². The van der Waals surface area contributed by atoms with Gasteiger partial charge in [0.2, 0.25) is 0 Å². The summed E-state index contributed by atoms with van der Waals surface area (Å²) in [6, 6.07) is 14.1. The smallest absolute Gasteiger partial charge is 0.0548 e. The largest absolute Gasteiger partial charge is 0.326 e. The van der Waals surface area contributed by atoms with Crippen molar-refractivity contribution < 1.29 is 0 Å². The van der Waals surface area contributed by atoms with Gasteiger partial charge in [0.25, 0.3) is 0 Å². The van der Waals surface area contributed by atoms with Crippen LogP contribution in [0.4, 0.5) is 0 Å². The normalized spacial score (nSPS) is 10.5. The summed E-state index contributed by atoms with van der Waals surface area (Å²) in [5, 5.41) is 0.748. The van der Waals surface area contributed by atoms with E-state index in [9.17, 15) is 0 Å². The lowest BCUT2D eigenvalue weighted by molar-refractivity contribution is 1.07. The summed E-state index contributed by atoms with van der Waals surface area (Å²) in [4.78, 5) is 2.20. The first kappa shape index (κ1) is 13.0. The molecule has 88 valence electrons. The van der Waals surface area contributed by atoms with E-state index < -0.39 is 0 Å². The fourth-order valence-corrected chi connectivity index (χ4v) is 3.16. The number of nitrogens with two attached hydrogens (primary N) is 1. The Kier molecular flexibility index (Phi) is 4.51. The molecule has 1 nitrogen and oxygen atoms in total. The molecule has 0 fully saturated rings. The Morgan fingerprint density at radius 2 is 2.00 bits per heavy atom. The second-order valence-corrected chi connectivity index (χ2v) is 5.97. The highest BCUT2D eigenvalue weighted by molar-refractivity contribution is 9.10. The number of halogens is 2. The Hall–Kier alpha value is -0.480. The molecule has 0 saturated heterocycles. The van der Waals surface area contributed by atoms with Crippen LogP contribution in [0, 0.1) is 0 Å². The van der Waals surface area contributed by atoms with Crippen molar-refractivity contribution in [2.75, 3.05) is 0 Å². The van der Waals surface area contributed by atoms with Crippen LogP contribution < -0.4 is 5.73 Å². The van der Waals surface area contributed by atoms with E-state index >= 15 is 0 Å². The van der Waals surface area contributed by atoms with Crippen LogP contribution in [0.5, 0.6) is 0 Å². The molecule has 0 bridgehead atoms. The van der Waals surface area contributed by atoms with Gasteiger partial charge in [0.15, 0.2) is 0 Å². The van der Waals surface area contributed by atoms with E-state index in [1.165, 1.54) is 0 Å². The molecule has 4 heteroatoms. The predicted molar refractivity (Wildman–Crippen MR) is 77.6 cm³/mol. The van der Waals surface area contributed by atoms with Crippen LogP contribution in [-0.2, 0) is 6.54 Å². The summed E-state index contributed by atoms with van der Waals surface area (Å²) < 4.78 is 1.07. The van der Waals surface area contributed by atoms with Gasteiger partial charge >= 0.3 is 0 Å². The minimum Gasteiger partial charge on any atom is -0.326 e. The molecule has 2 N–H and O–H groups in total. The van der Waals surface area contributed by atoms with Gasteiger partial charge in [-0.2, -0.15) is 0 Å². The fourth-order valence-electron chi connectivity index (χ4n) is 1.41. The quantitative estimate of drug-likeness (QED) is 0.883. The standard InChI is InChI=1S/C13H11BrClNS/c14-10-2-1-3-11(7-10)17-13-5-4-9(8-16)6-12(13)15/h1-7H,8,16H2.